The molecule has 0 aliphatic carbocycles. The van der Waals surface area contributed by atoms with Crippen LogP contribution in [0.5, 0.6) is 0 Å². The largest absolute Gasteiger partial charge is 0.326 e. The van der Waals surface area contributed by atoms with Gasteiger partial charge >= 0.3 is 0 Å². The third-order valence-corrected chi connectivity index (χ3v) is 3.16. The lowest BCUT2D eigenvalue weighted by Gasteiger charge is -2.12. The topological polar surface area (TPSA) is 59.0 Å². The standard InChI is InChI=1S/C16H22N4O/c1-3-17-13(2)10-16(21)19-15-7-4-6-14(11-15)12-20-9-5-8-18-20/h4-9,11,13,17H,3,10,12H2,1-2H3,(H,19,21). The molecule has 1 heterocycles. The SMILES string of the molecule is CCNC(C)CC(=O)Nc1cccc(Cn2cccn2)c1. The first kappa shape index (κ1) is 15.3. The van der Waals surface area contributed by atoms with Gasteiger partial charge in [0.05, 0.1) is 6.54 Å². The number of nitrogens with zero attached hydrogens (tertiary/aromatic N) is 2. The minimum absolute atomic E-state index is 0.0275. The fraction of sp³-hybridized carbons (Fsp3) is 0.375. The maximum Gasteiger partial charge on any atom is 0.225 e. The number of nitrogens with one attached hydrogen (secondary N) is 2. The molecule has 2 N–H and O–H groups in total. The van der Waals surface area contributed by atoms with Crippen molar-refractivity contribution in [1.29, 1.82) is 0 Å². The molecule has 0 radical (unpaired) electrons. The Kier molecular flexibility index (Phi) is 5.51. The summed E-state index contributed by atoms with van der Waals surface area (Å²) in [7, 11) is 0. The van der Waals surface area contributed by atoms with E-state index in [0.29, 0.717) is 13.0 Å². The van der Waals surface area contributed by atoms with Gasteiger partial charge < -0.3 is 10.6 Å². The quantitative estimate of drug-likeness (QED) is 0.821. The third-order valence-electron chi connectivity index (χ3n) is 3.16. The molecule has 0 fully saturated rings. The molecule has 0 bridgehead atoms. The summed E-state index contributed by atoms with van der Waals surface area (Å²) in [5.74, 6) is 0.0275. The molecule has 0 saturated heterocycles. The lowest BCUT2D eigenvalue weighted by atomic mass is 10.2. The third kappa shape index (κ3) is 5.04. The van der Waals surface area contributed by atoms with Crippen molar-refractivity contribution in [2.45, 2.75) is 32.9 Å². The first-order valence-corrected chi connectivity index (χ1v) is 7.27. The summed E-state index contributed by atoms with van der Waals surface area (Å²) in [6.45, 7) is 5.61. The lowest BCUT2D eigenvalue weighted by molar-refractivity contribution is -0.116. The smallest absolute Gasteiger partial charge is 0.225 e. The highest BCUT2D eigenvalue weighted by atomic mass is 16.1. The van der Waals surface area contributed by atoms with E-state index < -0.39 is 0 Å². The number of hydrogen-bond donors (Lipinski definition) is 2. The molecule has 5 nitrogen and oxygen atoms in total. The number of hydrogen-bond acceptors (Lipinski definition) is 3. The fourth-order valence-electron chi connectivity index (χ4n) is 2.24. The van der Waals surface area contributed by atoms with Crippen molar-refractivity contribution in [3.8, 4) is 0 Å². The first-order chi connectivity index (χ1) is 10.2. The second-order valence-corrected chi connectivity index (χ2v) is 5.12. The summed E-state index contributed by atoms with van der Waals surface area (Å²) >= 11 is 0. The lowest BCUT2D eigenvalue weighted by Crippen LogP contribution is -2.30. The summed E-state index contributed by atoms with van der Waals surface area (Å²) in [5, 5.41) is 10.4. The second-order valence-electron chi connectivity index (χ2n) is 5.12. The molecule has 0 aliphatic heterocycles. The average molecular weight is 286 g/mol. The summed E-state index contributed by atoms with van der Waals surface area (Å²) in [5.41, 5.74) is 1.93. The monoisotopic (exact) mass is 286 g/mol. The van der Waals surface area contributed by atoms with Crippen LogP contribution < -0.4 is 10.6 Å². The molecule has 1 unspecified atom stereocenters. The van der Waals surface area contributed by atoms with Gasteiger partial charge in [-0.1, -0.05) is 19.1 Å². The second kappa shape index (κ2) is 7.59. The van der Waals surface area contributed by atoms with Gasteiger partial charge in [0.1, 0.15) is 0 Å². The Bertz CT molecular complexity index is 565. The van der Waals surface area contributed by atoms with Crippen LogP contribution in [0.25, 0.3) is 0 Å². The van der Waals surface area contributed by atoms with Crippen LogP contribution in [0.15, 0.2) is 42.7 Å². The zero-order valence-electron chi connectivity index (χ0n) is 12.5. The minimum atomic E-state index is 0.0275. The Morgan fingerprint density at radius 3 is 2.95 bits per heavy atom. The Morgan fingerprint density at radius 1 is 1.38 bits per heavy atom. The van der Waals surface area contributed by atoms with E-state index in [0.717, 1.165) is 17.8 Å². The molecular weight excluding hydrogens is 264 g/mol. The van der Waals surface area contributed by atoms with E-state index in [9.17, 15) is 4.79 Å². The van der Waals surface area contributed by atoms with E-state index in [1.807, 2.05) is 55.1 Å². The van der Waals surface area contributed by atoms with E-state index >= 15 is 0 Å². The molecule has 1 aromatic heterocycles. The number of carbonyl (C=O) groups is 1. The van der Waals surface area contributed by atoms with Gasteiger partial charge in [0, 0.05) is 30.5 Å². The van der Waals surface area contributed by atoms with Crippen molar-refractivity contribution in [3.63, 3.8) is 0 Å². The van der Waals surface area contributed by atoms with Gasteiger partial charge in [-0.25, -0.2) is 0 Å². The molecule has 1 aromatic carbocycles. The maximum atomic E-state index is 12.0. The molecule has 21 heavy (non-hydrogen) atoms. The van der Waals surface area contributed by atoms with E-state index in [2.05, 4.69) is 15.7 Å². The van der Waals surface area contributed by atoms with Gasteiger partial charge in [-0.15, -0.1) is 0 Å². The first-order valence-electron chi connectivity index (χ1n) is 7.27. The predicted octanol–water partition coefficient (Wildman–Crippen LogP) is 2.26. The number of rotatable bonds is 7. The van der Waals surface area contributed by atoms with Crippen LogP contribution in [-0.4, -0.2) is 28.3 Å². The van der Waals surface area contributed by atoms with E-state index in [4.69, 9.17) is 0 Å². The Balaban J connectivity index is 1.93. The van der Waals surface area contributed by atoms with Gasteiger partial charge in [-0.05, 0) is 37.2 Å². The molecule has 0 saturated carbocycles. The van der Waals surface area contributed by atoms with Gasteiger partial charge in [-0.2, -0.15) is 5.10 Å². The molecular formula is C16H22N4O. The highest BCUT2D eigenvalue weighted by Gasteiger charge is 2.08. The molecule has 0 spiro atoms. The van der Waals surface area contributed by atoms with Crippen molar-refractivity contribution >= 4 is 11.6 Å². The minimum Gasteiger partial charge on any atom is -0.326 e. The predicted molar refractivity (Wildman–Crippen MR) is 84.2 cm³/mol. The van der Waals surface area contributed by atoms with Crippen molar-refractivity contribution in [2.24, 2.45) is 0 Å². The van der Waals surface area contributed by atoms with Gasteiger partial charge in [0.2, 0.25) is 5.91 Å². The van der Waals surface area contributed by atoms with Gasteiger partial charge in [-0.3, -0.25) is 9.48 Å². The van der Waals surface area contributed by atoms with Crippen LogP contribution in [-0.2, 0) is 11.3 Å². The zero-order chi connectivity index (χ0) is 15.1. The maximum absolute atomic E-state index is 12.0. The molecule has 1 amide bonds. The van der Waals surface area contributed by atoms with Crippen LogP contribution in [0.4, 0.5) is 5.69 Å². The van der Waals surface area contributed by atoms with Gasteiger partial charge in [0.25, 0.3) is 0 Å². The number of carbonyl (C=O) groups excluding carboxylic acids is 1. The number of anilines is 1. The zero-order valence-corrected chi connectivity index (χ0v) is 12.5. The summed E-state index contributed by atoms with van der Waals surface area (Å²) < 4.78 is 1.86. The van der Waals surface area contributed by atoms with Crippen molar-refractivity contribution in [2.75, 3.05) is 11.9 Å². The number of benzene rings is 1. The molecule has 2 rings (SSSR count). The normalized spacial score (nSPS) is 12.1. The number of amides is 1. The van der Waals surface area contributed by atoms with E-state index in [1.54, 1.807) is 6.20 Å². The van der Waals surface area contributed by atoms with Crippen LogP contribution in [0, 0.1) is 0 Å². The summed E-state index contributed by atoms with van der Waals surface area (Å²) in [4.78, 5) is 12.0. The highest BCUT2D eigenvalue weighted by molar-refractivity contribution is 5.91. The van der Waals surface area contributed by atoms with Gasteiger partial charge in [0.15, 0.2) is 0 Å². The number of aromatic nitrogens is 2. The molecule has 5 heteroatoms. The Hall–Kier alpha value is -2.14. The summed E-state index contributed by atoms with van der Waals surface area (Å²) in [6.07, 6.45) is 4.15. The van der Waals surface area contributed by atoms with Crippen LogP contribution >= 0.6 is 0 Å². The Morgan fingerprint density at radius 2 is 2.24 bits per heavy atom. The van der Waals surface area contributed by atoms with Crippen LogP contribution in [0.1, 0.15) is 25.8 Å². The van der Waals surface area contributed by atoms with Crippen LogP contribution in [0.3, 0.4) is 0 Å². The molecule has 0 aliphatic rings. The van der Waals surface area contributed by atoms with Crippen molar-refractivity contribution in [3.05, 3.63) is 48.3 Å². The molecule has 2 aromatic rings. The Labute approximate surface area is 125 Å². The van der Waals surface area contributed by atoms with Crippen molar-refractivity contribution in [1.82, 2.24) is 15.1 Å². The van der Waals surface area contributed by atoms with Crippen molar-refractivity contribution < 1.29 is 4.79 Å². The average Bonchev–Trinajstić information content (AvgIpc) is 2.92. The molecule has 112 valence electrons. The van der Waals surface area contributed by atoms with Crippen LogP contribution in [0.2, 0.25) is 0 Å². The van der Waals surface area contributed by atoms with E-state index in [1.165, 1.54) is 0 Å². The molecule has 1 atom stereocenters. The fourth-order valence-corrected chi connectivity index (χ4v) is 2.24. The van der Waals surface area contributed by atoms with E-state index in [-0.39, 0.29) is 11.9 Å². The summed E-state index contributed by atoms with van der Waals surface area (Å²) in [6, 6.07) is 9.94. The highest BCUT2D eigenvalue weighted by Crippen LogP contribution is 2.12.